The number of aromatic nitrogens is 3. The van der Waals surface area contributed by atoms with E-state index in [1.807, 2.05) is 42.5 Å². The summed E-state index contributed by atoms with van der Waals surface area (Å²) < 4.78 is 6.33. The van der Waals surface area contributed by atoms with Crippen molar-refractivity contribution in [2.75, 3.05) is 0 Å². The van der Waals surface area contributed by atoms with Crippen LogP contribution >= 0.6 is 0 Å². The lowest BCUT2D eigenvalue weighted by Crippen LogP contribution is -2.01. The van der Waals surface area contributed by atoms with Crippen LogP contribution in [-0.4, -0.2) is 15.0 Å². The van der Waals surface area contributed by atoms with Gasteiger partial charge in [0.1, 0.15) is 11.2 Å². The van der Waals surface area contributed by atoms with Gasteiger partial charge in [-0.25, -0.2) is 15.0 Å². The molecule has 0 bridgehead atoms. The highest BCUT2D eigenvalue weighted by molar-refractivity contribution is 6.12. The van der Waals surface area contributed by atoms with Crippen LogP contribution in [0.2, 0.25) is 0 Å². The Hall–Kier alpha value is -7.43. The third-order valence-corrected chi connectivity index (χ3v) is 10.1. The lowest BCUT2D eigenvalue weighted by atomic mass is 9.93. The SMILES string of the molecule is c1ccc(-c2cccc(-c3nc(-c4cc(-c5ccccc5)cc(-c5cccc6oc7ccccc7c56)c4)nc(-c4ccccc4-c4ccccc4)n3)c2)cc1. The zero-order valence-corrected chi connectivity index (χ0v) is 29.8. The lowest BCUT2D eigenvalue weighted by molar-refractivity contribution is 0.669. The molecule has 0 amide bonds. The highest BCUT2D eigenvalue weighted by Crippen LogP contribution is 2.40. The second kappa shape index (κ2) is 13.8. The minimum absolute atomic E-state index is 0.594. The molecular weight excluding hydrogens is 671 g/mol. The predicted octanol–water partition coefficient (Wildman–Crippen LogP) is 13.4. The van der Waals surface area contributed by atoms with Gasteiger partial charge >= 0.3 is 0 Å². The van der Waals surface area contributed by atoms with Crippen molar-refractivity contribution < 1.29 is 4.42 Å². The number of furan rings is 1. The molecule has 0 aliphatic carbocycles. The number of hydrogen-bond donors (Lipinski definition) is 0. The van der Waals surface area contributed by atoms with Crippen molar-refractivity contribution >= 4 is 21.9 Å². The minimum atomic E-state index is 0.594. The summed E-state index contributed by atoms with van der Waals surface area (Å²) in [7, 11) is 0. The Bertz CT molecular complexity index is 2970. The molecule has 0 aliphatic rings. The molecule has 0 saturated heterocycles. The summed E-state index contributed by atoms with van der Waals surface area (Å²) in [4.78, 5) is 15.8. The number of nitrogens with zero attached hydrogens (tertiary/aromatic N) is 3. The van der Waals surface area contributed by atoms with Gasteiger partial charge in [-0.1, -0.05) is 164 Å². The van der Waals surface area contributed by atoms with Gasteiger partial charge in [-0.3, -0.25) is 0 Å². The van der Waals surface area contributed by atoms with Gasteiger partial charge < -0.3 is 4.42 Å². The van der Waals surface area contributed by atoms with E-state index >= 15 is 0 Å². The van der Waals surface area contributed by atoms with Crippen LogP contribution in [0.3, 0.4) is 0 Å². The van der Waals surface area contributed by atoms with Crippen molar-refractivity contribution in [3.8, 4) is 78.7 Å². The molecule has 0 spiro atoms. The number of para-hydroxylation sites is 1. The number of fused-ring (bicyclic) bond motifs is 3. The fourth-order valence-electron chi connectivity index (χ4n) is 7.50. The van der Waals surface area contributed by atoms with Crippen LogP contribution < -0.4 is 0 Å². The minimum Gasteiger partial charge on any atom is -0.456 e. The second-order valence-corrected chi connectivity index (χ2v) is 13.6. The highest BCUT2D eigenvalue weighted by Gasteiger charge is 2.19. The van der Waals surface area contributed by atoms with Gasteiger partial charge in [0.15, 0.2) is 17.5 Å². The summed E-state index contributed by atoms with van der Waals surface area (Å²) in [5, 5.41) is 2.17. The van der Waals surface area contributed by atoms with Gasteiger partial charge in [0.05, 0.1) is 0 Å². The normalized spacial score (nSPS) is 11.3. The van der Waals surface area contributed by atoms with Crippen LogP contribution in [0.25, 0.3) is 101 Å². The summed E-state index contributed by atoms with van der Waals surface area (Å²) in [6.45, 7) is 0. The Morgan fingerprint density at radius 3 is 1.51 bits per heavy atom. The molecule has 0 aliphatic heterocycles. The van der Waals surface area contributed by atoms with E-state index in [2.05, 4.69) is 158 Å². The zero-order chi connectivity index (χ0) is 36.6. The maximum Gasteiger partial charge on any atom is 0.164 e. The number of benzene rings is 8. The molecule has 10 rings (SSSR count). The van der Waals surface area contributed by atoms with Gasteiger partial charge in [0, 0.05) is 27.5 Å². The van der Waals surface area contributed by atoms with E-state index in [1.54, 1.807) is 0 Å². The molecule has 0 radical (unpaired) electrons. The van der Waals surface area contributed by atoms with Crippen molar-refractivity contribution in [3.05, 3.63) is 200 Å². The molecule has 2 aromatic heterocycles. The average Bonchev–Trinajstić information content (AvgIpc) is 3.66. The molecule has 0 fully saturated rings. The van der Waals surface area contributed by atoms with E-state index in [0.717, 1.165) is 83.1 Å². The summed E-state index contributed by atoms with van der Waals surface area (Å²) in [5.41, 5.74) is 13.2. The van der Waals surface area contributed by atoms with Crippen molar-refractivity contribution in [1.29, 1.82) is 0 Å². The first-order chi connectivity index (χ1) is 27.2. The maximum atomic E-state index is 6.33. The Morgan fingerprint density at radius 2 is 0.745 bits per heavy atom. The average molecular weight is 704 g/mol. The molecule has 0 atom stereocenters. The number of rotatable bonds is 7. The molecule has 4 heteroatoms. The van der Waals surface area contributed by atoms with Gasteiger partial charge in [-0.2, -0.15) is 0 Å². The Balaban J connectivity index is 1.23. The third kappa shape index (κ3) is 6.16. The fourth-order valence-corrected chi connectivity index (χ4v) is 7.50. The summed E-state index contributed by atoms with van der Waals surface area (Å²) in [6.07, 6.45) is 0. The van der Waals surface area contributed by atoms with Gasteiger partial charge in [-0.15, -0.1) is 0 Å². The molecule has 0 N–H and O–H groups in total. The van der Waals surface area contributed by atoms with Crippen molar-refractivity contribution in [1.82, 2.24) is 15.0 Å². The van der Waals surface area contributed by atoms with Crippen molar-refractivity contribution in [2.45, 2.75) is 0 Å². The molecule has 258 valence electrons. The first-order valence-corrected chi connectivity index (χ1v) is 18.4. The Morgan fingerprint density at radius 1 is 0.273 bits per heavy atom. The highest BCUT2D eigenvalue weighted by atomic mass is 16.3. The predicted molar refractivity (Wildman–Crippen MR) is 225 cm³/mol. The Labute approximate surface area is 319 Å². The van der Waals surface area contributed by atoms with Crippen LogP contribution in [-0.2, 0) is 0 Å². The topological polar surface area (TPSA) is 51.8 Å². The van der Waals surface area contributed by atoms with E-state index in [0.29, 0.717) is 17.5 Å². The molecule has 0 saturated carbocycles. The van der Waals surface area contributed by atoms with E-state index in [9.17, 15) is 0 Å². The van der Waals surface area contributed by atoms with Crippen molar-refractivity contribution in [3.63, 3.8) is 0 Å². The van der Waals surface area contributed by atoms with Crippen molar-refractivity contribution in [2.24, 2.45) is 0 Å². The zero-order valence-electron chi connectivity index (χ0n) is 29.8. The number of hydrogen-bond acceptors (Lipinski definition) is 4. The van der Waals surface area contributed by atoms with E-state index in [4.69, 9.17) is 19.4 Å². The second-order valence-electron chi connectivity index (χ2n) is 13.6. The lowest BCUT2D eigenvalue weighted by Gasteiger charge is -2.14. The molecule has 8 aromatic carbocycles. The molecule has 55 heavy (non-hydrogen) atoms. The summed E-state index contributed by atoms with van der Waals surface area (Å²) in [6, 6.07) is 69.3. The standard InChI is InChI=1S/C51H33N3O/c1-4-16-34(17-5-1)37-22-14-23-38(30-37)49-52-50(54-51(53-49)44-25-11-10-24-42(44)36-20-8-3-9-21-36)41-32-39(35-18-6-2-7-19-35)31-40(33-41)43-27-15-29-47-48(43)45-26-12-13-28-46(45)55-47/h1-33H. The van der Waals surface area contributed by atoms with Gasteiger partial charge in [0.25, 0.3) is 0 Å². The Kier molecular flexibility index (Phi) is 8.12. The molecule has 2 heterocycles. The van der Waals surface area contributed by atoms with Crippen LogP contribution in [0.1, 0.15) is 0 Å². The first-order valence-electron chi connectivity index (χ1n) is 18.4. The monoisotopic (exact) mass is 703 g/mol. The van der Waals surface area contributed by atoms with E-state index < -0.39 is 0 Å². The van der Waals surface area contributed by atoms with E-state index in [1.165, 1.54) is 0 Å². The quantitative estimate of drug-likeness (QED) is 0.166. The van der Waals surface area contributed by atoms with Crippen LogP contribution in [0.4, 0.5) is 0 Å². The largest absolute Gasteiger partial charge is 0.456 e. The fraction of sp³-hybridized carbons (Fsp3) is 0. The van der Waals surface area contributed by atoms with Gasteiger partial charge in [-0.05, 0) is 80.9 Å². The molecular formula is C51H33N3O. The van der Waals surface area contributed by atoms with Crippen LogP contribution in [0.15, 0.2) is 205 Å². The van der Waals surface area contributed by atoms with Gasteiger partial charge in [0.2, 0.25) is 0 Å². The summed E-state index contributed by atoms with van der Waals surface area (Å²) >= 11 is 0. The molecule has 10 aromatic rings. The molecule has 0 unspecified atom stereocenters. The van der Waals surface area contributed by atoms with E-state index in [-0.39, 0.29) is 0 Å². The molecule has 4 nitrogen and oxygen atoms in total. The first kappa shape index (κ1) is 32.2. The van der Waals surface area contributed by atoms with Crippen LogP contribution in [0.5, 0.6) is 0 Å². The third-order valence-electron chi connectivity index (χ3n) is 10.1. The van der Waals surface area contributed by atoms with Crippen LogP contribution in [0, 0.1) is 0 Å². The summed E-state index contributed by atoms with van der Waals surface area (Å²) in [5.74, 6) is 1.81. The smallest absolute Gasteiger partial charge is 0.164 e. The maximum absolute atomic E-state index is 6.33.